The first-order valence-electron chi connectivity index (χ1n) is 9.74. The predicted molar refractivity (Wildman–Crippen MR) is 123 cm³/mol. The lowest BCUT2D eigenvalue weighted by molar-refractivity contribution is -0.113. The molecule has 3 rings (SSSR count). The van der Waals surface area contributed by atoms with Crippen molar-refractivity contribution in [3.05, 3.63) is 38.1 Å². The number of carbonyl (C=O) groups excluding carboxylic acids is 2. The van der Waals surface area contributed by atoms with E-state index in [1.54, 1.807) is 11.8 Å². The maximum atomic E-state index is 12.6. The molecule has 1 amide bonds. The van der Waals surface area contributed by atoms with E-state index >= 15 is 0 Å². The van der Waals surface area contributed by atoms with Crippen LogP contribution in [0.1, 0.15) is 46.8 Å². The Bertz CT molecular complexity index is 986. The van der Waals surface area contributed by atoms with Gasteiger partial charge in [-0.15, -0.1) is 11.3 Å². The topological polar surface area (TPSA) is 101 Å². The zero-order valence-electron chi connectivity index (χ0n) is 17.2. The Labute approximate surface area is 187 Å². The average molecular weight is 468 g/mol. The minimum Gasteiger partial charge on any atom is -0.465 e. The molecule has 162 valence electrons. The second kappa shape index (κ2) is 10.5. The lowest BCUT2D eigenvalue weighted by Crippen LogP contribution is -2.18. The first kappa shape index (κ1) is 22.9. The minimum absolute atomic E-state index is 0.0763. The van der Waals surface area contributed by atoms with E-state index in [0.29, 0.717) is 33.1 Å². The van der Waals surface area contributed by atoms with Gasteiger partial charge < -0.3 is 15.0 Å². The molecule has 0 aliphatic heterocycles. The van der Waals surface area contributed by atoms with Crippen LogP contribution in [-0.2, 0) is 28.1 Å². The third kappa shape index (κ3) is 5.67. The van der Waals surface area contributed by atoms with Crippen LogP contribution in [0.4, 0.5) is 5.00 Å². The maximum absolute atomic E-state index is 12.6. The van der Waals surface area contributed by atoms with Crippen molar-refractivity contribution >= 4 is 51.7 Å². The number of fused-ring (bicyclic) bond motifs is 1. The van der Waals surface area contributed by atoms with Crippen LogP contribution in [0.3, 0.4) is 0 Å². The fourth-order valence-corrected chi connectivity index (χ4v) is 5.96. The number of H-pyrrole nitrogens is 1. The Balaban J connectivity index is 1.70. The molecule has 2 aromatic heterocycles. The van der Waals surface area contributed by atoms with Gasteiger partial charge in [0.15, 0.2) is 5.16 Å². The lowest BCUT2D eigenvalue weighted by atomic mass is 9.88. The van der Waals surface area contributed by atoms with Crippen LogP contribution in [0.25, 0.3) is 0 Å². The Kier molecular flexibility index (Phi) is 8.01. The van der Waals surface area contributed by atoms with Crippen molar-refractivity contribution in [3.63, 3.8) is 0 Å². The number of esters is 1. The van der Waals surface area contributed by atoms with Gasteiger partial charge in [0.05, 0.1) is 24.1 Å². The standard InChI is InChI=1S/C20H25N3O4S3/c1-4-28-9-12-8-15(24)23-20(21-12)29-10-16(25)22-18-17(19(26)27-3)13-6-5-11(2)7-14(13)30-18/h8,11H,4-7,9-10H2,1-3H3,(H,22,25)(H,21,23,24). The number of thiophene rings is 1. The van der Waals surface area contributed by atoms with Crippen LogP contribution < -0.4 is 10.9 Å². The monoisotopic (exact) mass is 467 g/mol. The van der Waals surface area contributed by atoms with Crippen molar-refractivity contribution in [2.24, 2.45) is 5.92 Å². The number of anilines is 1. The van der Waals surface area contributed by atoms with Crippen LogP contribution >= 0.6 is 34.9 Å². The van der Waals surface area contributed by atoms with Gasteiger partial charge in [0.1, 0.15) is 5.00 Å². The molecule has 0 saturated carbocycles. The van der Waals surface area contributed by atoms with Gasteiger partial charge >= 0.3 is 5.97 Å². The van der Waals surface area contributed by atoms with E-state index in [1.165, 1.54) is 36.3 Å². The van der Waals surface area contributed by atoms with Gasteiger partial charge in [-0.2, -0.15) is 11.8 Å². The molecule has 2 aromatic rings. The first-order chi connectivity index (χ1) is 14.4. The van der Waals surface area contributed by atoms with Crippen LogP contribution in [0.15, 0.2) is 16.0 Å². The summed E-state index contributed by atoms with van der Waals surface area (Å²) < 4.78 is 4.96. The van der Waals surface area contributed by atoms with E-state index in [4.69, 9.17) is 4.74 Å². The number of amides is 1. The summed E-state index contributed by atoms with van der Waals surface area (Å²) in [5.41, 5.74) is 1.95. The van der Waals surface area contributed by atoms with Crippen molar-refractivity contribution in [2.45, 2.75) is 44.0 Å². The van der Waals surface area contributed by atoms with Crippen molar-refractivity contribution in [1.82, 2.24) is 9.97 Å². The van der Waals surface area contributed by atoms with E-state index in [1.807, 2.05) is 6.92 Å². The summed E-state index contributed by atoms with van der Waals surface area (Å²) in [7, 11) is 1.35. The Morgan fingerprint density at radius 1 is 1.43 bits per heavy atom. The molecular weight excluding hydrogens is 442 g/mol. The van der Waals surface area contributed by atoms with E-state index in [0.717, 1.165) is 35.5 Å². The number of aromatic nitrogens is 2. The SMILES string of the molecule is CCSCc1cc(=O)[nH]c(SCC(=O)Nc2sc3c(c2C(=O)OC)CCC(C)C3)n1. The summed E-state index contributed by atoms with van der Waals surface area (Å²) >= 11 is 4.30. The normalized spacial score (nSPS) is 15.5. The van der Waals surface area contributed by atoms with Crippen LogP contribution in [0.5, 0.6) is 0 Å². The summed E-state index contributed by atoms with van der Waals surface area (Å²) in [6.07, 6.45) is 2.74. The molecule has 0 fully saturated rings. The molecule has 0 saturated heterocycles. The molecule has 7 nitrogen and oxygen atoms in total. The highest BCUT2D eigenvalue weighted by atomic mass is 32.2. The van der Waals surface area contributed by atoms with Crippen molar-refractivity contribution < 1.29 is 14.3 Å². The average Bonchev–Trinajstić information content (AvgIpc) is 3.06. The quantitative estimate of drug-likeness (QED) is 0.347. The lowest BCUT2D eigenvalue weighted by Gasteiger charge is -2.18. The van der Waals surface area contributed by atoms with E-state index in [-0.39, 0.29) is 17.2 Å². The summed E-state index contributed by atoms with van der Waals surface area (Å²) in [4.78, 5) is 45.0. The number of aromatic amines is 1. The number of rotatable bonds is 8. The number of methoxy groups -OCH3 is 1. The number of ether oxygens (including phenoxy) is 1. The first-order valence-corrected chi connectivity index (χ1v) is 12.7. The summed E-state index contributed by atoms with van der Waals surface area (Å²) in [5, 5.41) is 3.82. The number of nitrogens with zero attached hydrogens (tertiary/aromatic N) is 1. The fraction of sp³-hybridized carbons (Fsp3) is 0.500. The number of nitrogens with one attached hydrogen (secondary N) is 2. The Hall–Kier alpha value is -1.78. The molecule has 2 N–H and O–H groups in total. The molecule has 0 aromatic carbocycles. The Morgan fingerprint density at radius 2 is 2.23 bits per heavy atom. The molecule has 1 unspecified atom stereocenters. The highest BCUT2D eigenvalue weighted by Crippen LogP contribution is 2.40. The van der Waals surface area contributed by atoms with Crippen molar-refractivity contribution in [2.75, 3.05) is 23.9 Å². The molecule has 2 heterocycles. The molecule has 1 aliphatic rings. The van der Waals surface area contributed by atoms with Crippen molar-refractivity contribution in [3.8, 4) is 0 Å². The molecule has 1 aliphatic carbocycles. The van der Waals surface area contributed by atoms with Crippen LogP contribution in [0.2, 0.25) is 0 Å². The van der Waals surface area contributed by atoms with Gasteiger partial charge in [-0.05, 0) is 36.5 Å². The highest BCUT2D eigenvalue weighted by molar-refractivity contribution is 7.99. The van der Waals surface area contributed by atoms with E-state index in [2.05, 4.69) is 22.2 Å². The maximum Gasteiger partial charge on any atom is 0.341 e. The molecule has 10 heteroatoms. The molecule has 0 spiro atoms. The number of thioether (sulfide) groups is 2. The molecule has 30 heavy (non-hydrogen) atoms. The highest BCUT2D eigenvalue weighted by Gasteiger charge is 2.28. The second-order valence-corrected chi connectivity index (χ2v) is 10.4. The van der Waals surface area contributed by atoms with Crippen molar-refractivity contribution in [1.29, 1.82) is 0 Å². The number of hydrogen-bond acceptors (Lipinski definition) is 8. The zero-order chi connectivity index (χ0) is 21.7. The van der Waals surface area contributed by atoms with Gasteiger partial charge in [-0.25, -0.2) is 9.78 Å². The molecule has 0 radical (unpaired) electrons. The molecule has 1 atom stereocenters. The molecule has 0 bridgehead atoms. The van der Waals surface area contributed by atoms with Gasteiger partial charge in [-0.3, -0.25) is 9.59 Å². The fourth-order valence-electron chi connectivity index (χ4n) is 3.29. The summed E-state index contributed by atoms with van der Waals surface area (Å²) in [6.45, 7) is 4.24. The molecular formula is C20H25N3O4S3. The third-order valence-corrected chi connectivity index (χ3v) is 7.67. The van der Waals surface area contributed by atoms with Gasteiger partial charge in [0.2, 0.25) is 5.91 Å². The van der Waals surface area contributed by atoms with Crippen LogP contribution in [0, 0.1) is 5.92 Å². The van der Waals surface area contributed by atoms with Gasteiger partial charge in [0, 0.05) is 16.7 Å². The van der Waals surface area contributed by atoms with Gasteiger partial charge in [0.25, 0.3) is 5.56 Å². The largest absolute Gasteiger partial charge is 0.465 e. The zero-order valence-corrected chi connectivity index (χ0v) is 19.7. The number of hydrogen-bond donors (Lipinski definition) is 2. The van der Waals surface area contributed by atoms with Crippen LogP contribution in [-0.4, -0.2) is 40.5 Å². The summed E-state index contributed by atoms with van der Waals surface area (Å²) in [6, 6.07) is 1.48. The summed E-state index contributed by atoms with van der Waals surface area (Å²) in [5.74, 6) is 1.55. The minimum atomic E-state index is -0.419. The second-order valence-electron chi connectivity index (χ2n) is 7.06. The van der Waals surface area contributed by atoms with E-state index < -0.39 is 5.97 Å². The van der Waals surface area contributed by atoms with Gasteiger partial charge in [-0.1, -0.05) is 25.6 Å². The number of carbonyl (C=O) groups is 2. The predicted octanol–water partition coefficient (Wildman–Crippen LogP) is 3.73. The Morgan fingerprint density at radius 3 is 2.97 bits per heavy atom. The smallest absolute Gasteiger partial charge is 0.341 e. The third-order valence-electron chi connectivity index (χ3n) is 4.72. The van der Waals surface area contributed by atoms with E-state index in [9.17, 15) is 14.4 Å².